The minimum Gasteiger partial charge on any atom is -0.397 e. The number of carbonyl (C=O) groups excluding carboxylic acids is 1. The SMILES string of the molecule is CC(NC(=O)c1ccc(N)cn1)c1ncn[nH]1. The third kappa shape index (κ3) is 2.57. The van der Waals surface area contributed by atoms with Crippen LogP contribution >= 0.6 is 0 Å². The summed E-state index contributed by atoms with van der Waals surface area (Å²) in [4.78, 5) is 19.7. The van der Waals surface area contributed by atoms with Crippen molar-refractivity contribution in [1.82, 2.24) is 25.5 Å². The van der Waals surface area contributed by atoms with Gasteiger partial charge in [-0.05, 0) is 19.1 Å². The number of aromatic amines is 1. The number of anilines is 1. The van der Waals surface area contributed by atoms with Crippen molar-refractivity contribution < 1.29 is 4.79 Å². The zero-order chi connectivity index (χ0) is 12.3. The van der Waals surface area contributed by atoms with Crippen molar-refractivity contribution in [3.8, 4) is 0 Å². The van der Waals surface area contributed by atoms with E-state index >= 15 is 0 Å². The van der Waals surface area contributed by atoms with Gasteiger partial charge in [-0.15, -0.1) is 0 Å². The molecule has 0 bridgehead atoms. The van der Waals surface area contributed by atoms with E-state index in [9.17, 15) is 4.79 Å². The summed E-state index contributed by atoms with van der Waals surface area (Å²) in [6.07, 6.45) is 2.83. The molecule has 1 atom stereocenters. The number of nitrogens with two attached hydrogens (primary N) is 1. The van der Waals surface area contributed by atoms with Crippen molar-refractivity contribution >= 4 is 11.6 Å². The first-order chi connectivity index (χ1) is 8.16. The number of nitrogens with one attached hydrogen (secondary N) is 2. The first-order valence-electron chi connectivity index (χ1n) is 5.04. The van der Waals surface area contributed by atoms with Crippen LogP contribution in [0.4, 0.5) is 5.69 Å². The number of nitrogens with zero attached hydrogens (tertiary/aromatic N) is 3. The number of nitrogen functional groups attached to an aromatic ring is 1. The maximum atomic E-state index is 11.8. The van der Waals surface area contributed by atoms with E-state index in [1.54, 1.807) is 19.1 Å². The normalized spacial score (nSPS) is 12.1. The summed E-state index contributed by atoms with van der Waals surface area (Å²) in [6, 6.07) is 2.93. The van der Waals surface area contributed by atoms with Crippen LogP contribution in [-0.4, -0.2) is 26.1 Å². The first kappa shape index (κ1) is 11.1. The first-order valence-corrected chi connectivity index (χ1v) is 5.04. The van der Waals surface area contributed by atoms with Gasteiger partial charge in [0.05, 0.1) is 17.9 Å². The molecule has 0 aliphatic carbocycles. The van der Waals surface area contributed by atoms with Crippen LogP contribution in [0.15, 0.2) is 24.7 Å². The van der Waals surface area contributed by atoms with Crippen LogP contribution in [0.2, 0.25) is 0 Å². The molecule has 0 radical (unpaired) electrons. The van der Waals surface area contributed by atoms with Crippen LogP contribution in [0.5, 0.6) is 0 Å². The molecule has 0 aromatic carbocycles. The summed E-state index contributed by atoms with van der Waals surface area (Å²) in [5, 5.41) is 9.14. The number of amides is 1. The molecule has 2 heterocycles. The van der Waals surface area contributed by atoms with Gasteiger partial charge in [-0.3, -0.25) is 9.89 Å². The average molecular weight is 232 g/mol. The standard InChI is InChI=1S/C10H12N6O/c1-6(9-13-5-14-16-9)15-10(17)8-3-2-7(11)4-12-8/h2-6H,11H2,1H3,(H,15,17)(H,13,14,16). The van der Waals surface area contributed by atoms with E-state index in [0.717, 1.165) is 0 Å². The number of rotatable bonds is 3. The number of aromatic nitrogens is 4. The summed E-state index contributed by atoms with van der Waals surface area (Å²) >= 11 is 0. The summed E-state index contributed by atoms with van der Waals surface area (Å²) < 4.78 is 0. The van der Waals surface area contributed by atoms with Crippen LogP contribution in [0.25, 0.3) is 0 Å². The van der Waals surface area contributed by atoms with Gasteiger partial charge >= 0.3 is 0 Å². The lowest BCUT2D eigenvalue weighted by Gasteiger charge is -2.10. The molecule has 0 saturated heterocycles. The molecule has 2 aromatic rings. The van der Waals surface area contributed by atoms with Crippen molar-refractivity contribution in [2.45, 2.75) is 13.0 Å². The van der Waals surface area contributed by atoms with E-state index in [-0.39, 0.29) is 11.9 Å². The quantitative estimate of drug-likeness (QED) is 0.703. The van der Waals surface area contributed by atoms with E-state index in [1.165, 1.54) is 12.5 Å². The maximum absolute atomic E-state index is 11.8. The van der Waals surface area contributed by atoms with Gasteiger partial charge in [0.1, 0.15) is 17.8 Å². The fraction of sp³-hybridized carbons (Fsp3) is 0.200. The molecule has 17 heavy (non-hydrogen) atoms. The van der Waals surface area contributed by atoms with E-state index in [4.69, 9.17) is 5.73 Å². The Morgan fingerprint density at radius 3 is 2.88 bits per heavy atom. The minimum absolute atomic E-state index is 0.260. The molecule has 0 saturated carbocycles. The molecule has 0 spiro atoms. The molecule has 2 aromatic heterocycles. The molecule has 0 aliphatic heterocycles. The van der Waals surface area contributed by atoms with Crippen LogP contribution in [0.1, 0.15) is 29.3 Å². The van der Waals surface area contributed by atoms with Crippen molar-refractivity contribution in [2.75, 3.05) is 5.73 Å². The number of hydrogen-bond acceptors (Lipinski definition) is 5. The Hall–Kier alpha value is -2.44. The number of hydrogen-bond donors (Lipinski definition) is 3. The van der Waals surface area contributed by atoms with Gasteiger partial charge in [-0.2, -0.15) is 5.10 Å². The zero-order valence-corrected chi connectivity index (χ0v) is 9.21. The summed E-state index contributed by atoms with van der Waals surface area (Å²) in [5.41, 5.74) is 6.32. The second kappa shape index (κ2) is 4.60. The van der Waals surface area contributed by atoms with Gasteiger partial charge < -0.3 is 11.1 Å². The lowest BCUT2D eigenvalue weighted by molar-refractivity contribution is 0.0933. The maximum Gasteiger partial charge on any atom is 0.270 e. The highest BCUT2D eigenvalue weighted by Crippen LogP contribution is 2.06. The number of pyridine rings is 1. The molecule has 1 unspecified atom stereocenters. The third-order valence-electron chi connectivity index (χ3n) is 2.21. The van der Waals surface area contributed by atoms with E-state index in [0.29, 0.717) is 17.2 Å². The lowest BCUT2D eigenvalue weighted by Crippen LogP contribution is -2.28. The van der Waals surface area contributed by atoms with Gasteiger partial charge in [0.15, 0.2) is 0 Å². The van der Waals surface area contributed by atoms with E-state index < -0.39 is 0 Å². The van der Waals surface area contributed by atoms with Crippen LogP contribution < -0.4 is 11.1 Å². The van der Waals surface area contributed by atoms with Crippen LogP contribution in [0.3, 0.4) is 0 Å². The number of carbonyl (C=O) groups is 1. The fourth-order valence-corrected chi connectivity index (χ4v) is 1.30. The second-order valence-corrected chi connectivity index (χ2v) is 3.54. The van der Waals surface area contributed by atoms with Crippen LogP contribution in [-0.2, 0) is 0 Å². The molecule has 1 amide bonds. The number of H-pyrrole nitrogens is 1. The Labute approximate surface area is 97.5 Å². The Kier molecular flexibility index (Phi) is 2.99. The van der Waals surface area contributed by atoms with Crippen LogP contribution in [0, 0.1) is 0 Å². The van der Waals surface area contributed by atoms with Gasteiger partial charge in [0.2, 0.25) is 0 Å². The van der Waals surface area contributed by atoms with E-state index in [2.05, 4.69) is 25.5 Å². The highest BCUT2D eigenvalue weighted by atomic mass is 16.1. The molecule has 7 nitrogen and oxygen atoms in total. The lowest BCUT2D eigenvalue weighted by atomic mass is 10.2. The molecule has 0 aliphatic rings. The molecule has 88 valence electrons. The van der Waals surface area contributed by atoms with Gasteiger partial charge in [0, 0.05) is 0 Å². The van der Waals surface area contributed by atoms with Crippen molar-refractivity contribution in [2.24, 2.45) is 0 Å². The molecular weight excluding hydrogens is 220 g/mol. The topological polar surface area (TPSA) is 110 Å². The summed E-state index contributed by atoms with van der Waals surface area (Å²) in [6.45, 7) is 1.80. The molecular formula is C10H12N6O. The second-order valence-electron chi connectivity index (χ2n) is 3.54. The molecule has 0 fully saturated rings. The highest BCUT2D eigenvalue weighted by molar-refractivity contribution is 5.92. The Morgan fingerprint density at radius 1 is 1.47 bits per heavy atom. The predicted octanol–water partition coefficient (Wildman–Crippen LogP) is 0.273. The zero-order valence-electron chi connectivity index (χ0n) is 9.21. The Balaban J connectivity index is 2.04. The van der Waals surface area contributed by atoms with Gasteiger partial charge in [-0.1, -0.05) is 0 Å². The average Bonchev–Trinajstić information content (AvgIpc) is 2.83. The van der Waals surface area contributed by atoms with Gasteiger partial charge in [-0.25, -0.2) is 9.97 Å². The molecule has 4 N–H and O–H groups in total. The van der Waals surface area contributed by atoms with Crippen molar-refractivity contribution in [1.29, 1.82) is 0 Å². The Morgan fingerprint density at radius 2 is 2.29 bits per heavy atom. The largest absolute Gasteiger partial charge is 0.397 e. The predicted molar refractivity (Wildman–Crippen MR) is 60.9 cm³/mol. The summed E-state index contributed by atoms with van der Waals surface area (Å²) in [7, 11) is 0. The third-order valence-corrected chi connectivity index (χ3v) is 2.21. The highest BCUT2D eigenvalue weighted by Gasteiger charge is 2.13. The summed E-state index contributed by atoms with van der Waals surface area (Å²) in [5.74, 6) is 0.308. The van der Waals surface area contributed by atoms with Crippen molar-refractivity contribution in [3.05, 3.63) is 36.2 Å². The van der Waals surface area contributed by atoms with E-state index in [1.807, 2.05) is 0 Å². The monoisotopic (exact) mass is 232 g/mol. The molecule has 2 rings (SSSR count). The smallest absolute Gasteiger partial charge is 0.270 e. The van der Waals surface area contributed by atoms with Crippen molar-refractivity contribution in [3.63, 3.8) is 0 Å². The fourth-order valence-electron chi connectivity index (χ4n) is 1.30. The minimum atomic E-state index is -0.283. The Bertz CT molecular complexity index is 492. The van der Waals surface area contributed by atoms with Gasteiger partial charge in [0.25, 0.3) is 5.91 Å². The molecule has 7 heteroatoms.